The van der Waals surface area contributed by atoms with Crippen LogP contribution in [-0.4, -0.2) is 21.3 Å². The maximum atomic E-state index is 12.9. The highest BCUT2D eigenvalue weighted by Crippen LogP contribution is 2.33. The zero-order chi connectivity index (χ0) is 19.3. The van der Waals surface area contributed by atoms with E-state index in [4.69, 9.17) is 13.9 Å². The Hall–Kier alpha value is -3.72. The van der Waals surface area contributed by atoms with Crippen LogP contribution in [-0.2, 0) is 17.9 Å². The Kier molecular flexibility index (Phi) is 3.63. The molecule has 140 valence electrons. The predicted octanol–water partition coefficient (Wildman–Crippen LogP) is 2.97. The van der Waals surface area contributed by atoms with Crippen molar-refractivity contribution >= 4 is 27.8 Å². The number of hydrogen-bond donors (Lipinski definition) is 0. The first kappa shape index (κ1) is 16.5. The number of rotatable bonds is 3. The van der Waals surface area contributed by atoms with Gasteiger partial charge in [-0.15, -0.1) is 0 Å². The van der Waals surface area contributed by atoms with E-state index in [0.29, 0.717) is 28.0 Å². The van der Waals surface area contributed by atoms with Crippen LogP contribution in [0.2, 0.25) is 0 Å². The van der Waals surface area contributed by atoms with Crippen molar-refractivity contribution in [2.24, 2.45) is 0 Å². The highest BCUT2D eigenvalue weighted by Gasteiger charge is 2.22. The predicted molar refractivity (Wildman–Crippen MR) is 98.3 cm³/mol. The normalized spacial score (nSPS) is 13.4. The number of nitro groups is 1. The van der Waals surface area contributed by atoms with Gasteiger partial charge in [-0.2, -0.15) is 0 Å². The molecule has 0 fully saturated rings. The fraction of sp³-hybridized carbons (Fsp3) is 0.158. The molecule has 28 heavy (non-hydrogen) atoms. The molecule has 4 aromatic rings. The fourth-order valence-electron chi connectivity index (χ4n) is 3.42. The average molecular weight is 379 g/mol. The Morgan fingerprint density at radius 3 is 2.96 bits per heavy atom. The van der Waals surface area contributed by atoms with Crippen LogP contribution in [0.1, 0.15) is 11.1 Å². The summed E-state index contributed by atoms with van der Waals surface area (Å²) in [7, 11) is 0. The van der Waals surface area contributed by atoms with Gasteiger partial charge in [0.25, 0.3) is 11.2 Å². The van der Waals surface area contributed by atoms with Crippen LogP contribution in [0.3, 0.4) is 0 Å². The number of aromatic nitrogens is 2. The molecule has 0 bridgehead atoms. The van der Waals surface area contributed by atoms with Crippen LogP contribution in [0.25, 0.3) is 22.1 Å². The van der Waals surface area contributed by atoms with Gasteiger partial charge >= 0.3 is 0 Å². The van der Waals surface area contributed by atoms with E-state index in [2.05, 4.69) is 4.98 Å². The summed E-state index contributed by atoms with van der Waals surface area (Å²) in [6.07, 6.45) is 1.41. The van der Waals surface area contributed by atoms with Gasteiger partial charge in [0.1, 0.15) is 16.8 Å². The SMILES string of the molecule is O=c1c2oc3ccccc3c2ncn1Cc1cc([N+](=O)[O-])cc2c1OCOC2. The molecule has 1 aliphatic heterocycles. The van der Waals surface area contributed by atoms with Crippen LogP contribution in [0.5, 0.6) is 5.75 Å². The van der Waals surface area contributed by atoms with E-state index in [-0.39, 0.29) is 36.8 Å². The van der Waals surface area contributed by atoms with Crippen molar-refractivity contribution < 1.29 is 18.8 Å². The molecule has 0 amide bonds. The van der Waals surface area contributed by atoms with Gasteiger partial charge in [-0.1, -0.05) is 12.1 Å². The van der Waals surface area contributed by atoms with Crippen molar-refractivity contribution in [1.82, 2.24) is 9.55 Å². The van der Waals surface area contributed by atoms with Gasteiger partial charge < -0.3 is 13.9 Å². The molecule has 1 aliphatic rings. The molecule has 2 aromatic heterocycles. The minimum absolute atomic E-state index is 0.0492. The number of furan rings is 1. The molecule has 5 rings (SSSR count). The molecule has 0 saturated heterocycles. The van der Waals surface area contributed by atoms with Gasteiger partial charge in [-0.25, -0.2) is 4.98 Å². The summed E-state index contributed by atoms with van der Waals surface area (Å²) in [4.78, 5) is 28.1. The Bertz CT molecular complexity index is 1310. The minimum atomic E-state index is -0.484. The van der Waals surface area contributed by atoms with Gasteiger partial charge in [0, 0.05) is 28.6 Å². The average Bonchev–Trinajstić information content (AvgIpc) is 3.09. The number of fused-ring (bicyclic) bond motifs is 4. The van der Waals surface area contributed by atoms with Gasteiger partial charge in [0.05, 0.1) is 24.4 Å². The quantitative estimate of drug-likeness (QED) is 0.397. The van der Waals surface area contributed by atoms with Crippen LogP contribution in [0, 0.1) is 10.1 Å². The number of nitrogens with zero attached hydrogens (tertiary/aromatic N) is 3. The summed E-state index contributed by atoms with van der Waals surface area (Å²) in [5, 5.41) is 12.0. The second-order valence-corrected chi connectivity index (χ2v) is 6.41. The highest BCUT2D eigenvalue weighted by molar-refractivity contribution is 6.01. The maximum Gasteiger partial charge on any atom is 0.297 e. The van der Waals surface area contributed by atoms with E-state index in [1.807, 2.05) is 18.2 Å². The number of non-ortho nitro benzene ring substituents is 1. The van der Waals surface area contributed by atoms with E-state index in [9.17, 15) is 14.9 Å². The van der Waals surface area contributed by atoms with Crippen molar-refractivity contribution in [3.63, 3.8) is 0 Å². The lowest BCUT2D eigenvalue weighted by Crippen LogP contribution is -2.22. The molecule has 0 atom stereocenters. The number of para-hydroxylation sites is 1. The van der Waals surface area contributed by atoms with Gasteiger partial charge in [0.15, 0.2) is 6.79 Å². The standard InChI is InChI=1S/C19H13N3O6/c23-19-18-16(14-3-1-2-4-15(14)28-18)20-9-21(19)7-11-5-13(22(24)25)6-12-8-26-10-27-17(11)12/h1-6,9H,7-8,10H2. The Morgan fingerprint density at radius 2 is 2.11 bits per heavy atom. The molecule has 9 nitrogen and oxygen atoms in total. The Balaban J connectivity index is 1.65. The summed E-state index contributed by atoms with van der Waals surface area (Å²) >= 11 is 0. The molecule has 0 unspecified atom stereocenters. The highest BCUT2D eigenvalue weighted by atomic mass is 16.7. The topological polar surface area (TPSA) is 110 Å². The third kappa shape index (κ3) is 2.52. The van der Waals surface area contributed by atoms with Crippen molar-refractivity contribution in [2.45, 2.75) is 13.2 Å². The zero-order valence-corrected chi connectivity index (χ0v) is 14.5. The molecule has 0 saturated carbocycles. The van der Waals surface area contributed by atoms with Crippen molar-refractivity contribution in [1.29, 1.82) is 0 Å². The maximum absolute atomic E-state index is 12.9. The molecule has 3 heterocycles. The third-order valence-corrected chi connectivity index (χ3v) is 4.67. The lowest BCUT2D eigenvalue weighted by atomic mass is 10.1. The third-order valence-electron chi connectivity index (χ3n) is 4.67. The summed E-state index contributed by atoms with van der Waals surface area (Å²) in [5.74, 6) is 0.494. The molecule has 0 spiro atoms. The van der Waals surface area contributed by atoms with E-state index in [1.165, 1.54) is 23.0 Å². The summed E-state index contributed by atoms with van der Waals surface area (Å²) in [6, 6.07) is 10.1. The van der Waals surface area contributed by atoms with Gasteiger partial charge in [-0.3, -0.25) is 19.5 Å². The van der Waals surface area contributed by atoms with Crippen LogP contribution < -0.4 is 10.3 Å². The van der Waals surface area contributed by atoms with Gasteiger partial charge in [0.2, 0.25) is 5.58 Å². The first-order valence-corrected chi connectivity index (χ1v) is 8.49. The van der Waals surface area contributed by atoms with Crippen LogP contribution in [0.15, 0.2) is 51.9 Å². The van der Waals surface area contributed by atoms with E-state index < -0.39 is 4.92 Å². The number of nitro benzene ring substituents is 1. The van der Waals surface area contributed by atoms with E-state index in [0.717, 1.165) is 5.39 Å². The molecular formula is C19H13N3O6. The molecule has 9 heteroatoms. The minimum Gasteiger partial charge on any atom is -0.467 e. The first-order valence-electron chi connectivity index (χ1n) is 8.49. The smallest absolute Gasteiger partial charge is 0.297 e. The lowest BCUT2D eigenvalue weighted by Gasteiger charge is -2.20. The Morgan fingerprint density at radius 1 is 1.25 bits per heavy atom. The van der Waals surface area contributed by atoms with Gasteiger partial charge in [-0.05, 0) is 12.1 Å². The molecular weight excluding hydrogens is 366 g/mol. The van der Waals surface area contributed by atoms with E-state index >= 15 is 0 Å². The lowest BCUT2D eigenvalue weighted by molar-refractivity contribution is -0.385. The van der Waals surface area contributed by atoms with Crippen molar-refractivity contribution in [3.05, 3.63) is 74.3 Å². The Labute approximate surface area is 156 Å². The van der Waals surface area contributed by atoms with Crippen molar-refractivity contribution in [2.75, 3.05) is 6.79 Å². The first-order chi connectivity index (χ1) is 13.6. The van der Waals surface area contributed by atoms with E-state index in [1.54, 1.807) is 6.07 Å². The number of ether oxygens (including phenoxy) is 2. The largest absolute Gasteiger partial charge is 0.467 e. The molecule has 0 radical (unpaired) electrons. The van der Waals surface area contributed by atoms with Crippen molar-refractivity contribution in [3.8, 4) is 5.75 Å². The summed E-state index contributed by atoms with van der Waals surface area (Å²) < 4.78 is 17.8. The fourth-order valence-corrected chi connectivity index (χ4v) is 3.42. The second-order valence-electron chi connectivity index (χ2n) is 6.41. The summed E-state index contributed by atoms with van der Waals surface area (Å²) in [6.45, 7) is 0.316. The van der Waals surface area contributed by atoms with Crippen LogP contribution >= 0.6 is 0 Å². The zero-order valence-electron chi connectivity index (χ0n) is 14.5. The molecule has 2 aromatic carbocycles. The molecule has 0 N–H and O–H groups in total. The van der Waals surface area contributed by atoms with Crippen LogP contribution in [0.4, 0.5) is 5.69 Å². The monoisotopic (exact) mass is 379 g/mol. The second kappa shape index (κ2) is 6.17. The number of hydrogen-bond acceptors (Lipinski definition) is 7. The summed E-state index contributed by atoms with van der Waals surface area (Å²) in [5.41, 5.74) is 1.83. The number of benzene rings is 2. The molecule has 0 aliphatic carbocycles.